The molecule has 164 valence electrons. The van der Waals surface area contributed by atoms with Crippen LogP contribution in [0, 0.1) is 18.8 Å². The van der Waals surface area contributed by atoms with Crippen LogP contribution < -0.4 is 10.2 Å². The highest BCUT2D eigenvalue weighted by atomic mass is 16.3. The number of fused-ring (bicyclic) bond motifs is 2. The van der Waals surface area contributed by atoms with Crippen molar-refractivity contribution >= 4 is 23.4 Å². The third-order valence-electron chi connectivity index (χ3n) is 7.09. The second-order valence-corrected chi connectivity index (χ2v) is 9.24. The number of anilines is 3. The third kappa shape index (κ3) is 4.08. The fraction of sp³-hybridized carbons (Fsp3) is 0.565. The Morgan fingerprint density at radius 2 is 1.84 bits per heavy atom. The molecule has 2 aromatic rings. The monoisotopic (exact) mass is 422 g/mol. The number of carbonyl (C=O) groups excluding carboxylic acids is 1. The molecule has 8 heteroatoms. The highest BCUT2D eigenvalue weighted by molar-refractivity contribution is 5.73. The highest BCUT2D eigenvalue weighted by Crippen LogP contribution is 2.42. The first-order valence-corrected chi connectivity index (χ1v) is 11.2. The van der Waals surface area contributed by atoms with Crippen LogP contribution in [0.5, 0.6) is 0 Å². The molecule has 5 heterocycles. The van der Waals surface area contributed by atoms with Crippen molar-refractivity contribution in [2.24, 2.45) is 11.8 Å². The number of likely N-dealkylation sites (tertiary alicyclic amines) is 1. The van der Waals surface area contributed by atoms with E-state index in [-0.39, 0.29) is 12.0 Å². The SMILES string of the molecule is CC(=O)N1CCC(c2cc(Nc3cnc(C)cn3)nc(N3CC4CC(C3)C4O)c2)CC1. The number of aromatic nitrogens is 3. The third-order valence-corrected chi connectivity index (χ3v) is 7.09. The van der Waals surface area contributed by atoms with E-state index in [2.05, 4.69) is 32.3 Å². The van der Waals surface area contributed by atoms with Crippen molar-refractivity contribution in [3.63, 3.8) is 0 Å². The second kappa shape index (κ2) is 8.07. The lowest BCUT2D eigenvalue weighted by molar-refractivity contribution is -0.129. The molecular formula is C23H30N6O2. The summed E-state index contributed by atoms with van der Waals surface area (Å²) < 4.78 is 0. The van der Waals surface area contributed by atoms with Gasteiger partial charge in [-0.2, -0.15) is 0 Å². The Labute approximate surface area is 182 Å². The predicted molar refractivity (Wildman–Crippen MR) is 118 cm³/mol. The zero-order valence-electron chi connectivity index (χ0n) is 18.2. The maximum absolute atomic E-state index is 11.7. The van der Waals surface area contributed by atoms with Gasteiger partial charge in [-0.3, -0.25) is 9.78 Å². The Morgan fingerprint density at radius 3 is 2.45 bits per heavy atom. The first kappa shape index (κ1) is 20.2. The van der Waals surface area contributed by atoms with Gasteiger partial charge >= 0.3 is 0 Å². The summed E-state index contributed by atoms with van der Waals surface area (Å²) in [4.78, 5) is 29.6. The number of rotatable bonds is 4. The number of amides is 1. The molecule has 3 saturated heterocycles. The molecule has 3 aliphatic heterocycles. The van der Waals surface area contributed by atoms with E-state index in [1.165, 1.54) is 5.56 Å². The number of hydrogen-bond donors (Lipinski definition) is 2. The minimum Gasteiger partial charge on any atom is -0.392 e. The number of nitrogens with one attached hydrogen (secondary N) is 1. The van der Waals surface area contributed by atoms with Gasteiger partial charge in [-0.25, -0.2) is 9.97 Å². The summed E-state index contributed by atoms with van der Waals surface area (Å²) in [7, 11) is 0. The van der Waals surface area contributed by atoms with E-state index in [1.54, 1.807) is 19.3 Å². The number of nitrogens with zero attached hydrogens (tertiary/aromatic N) is 5. The van der Waals surface area contributed by atoms with Gasteiger partial charge in [0.15, 0.2) is 0 Å². The molecule has 2 bridgehead atoms. The Morgan fingerprint density at radius 1 is 1.10 bits per heavy atom. The fourth-order valence-electron chi connectivity index (χ4n) is 5.16. The summed E-state index contributed by atoms with van der Waals surface area (Å²) in [6.07, 6.45) is 6.33. The van der Waals surface area contributed by atoms with Crippen LogP contribution >= 0.6 is 0 Å². The summed E-state index contributed by atoms with van der Waals surface area (Å²) in [5.74, 6) is 3.64. The predicted octanol–water partition coefficient (Wildman–Crippen LogP) is 2.47. The number of aryl methyl sites for hydroxylation is 1. The van der Waals surface area contributed by atoms with Crippen LogP contribution in [0.25, 0.3) is 0 Å². The van der Waals surface area contributed by atoms with Gasteiger partial charge in [0.2, 0.25) is 5.91 Å². The van der Waals surface area contributed by atoms with Gasteiger partial charge in [0.05, 0.1) is 24.2 Å². The topological polar surface area (TPSA) is 94.5 Å². The summed E-state index contributed by atoms with van der Waals surface area (Å²) in [6.45, 7) is 6.85. The standard InChI is InChI=1S/C23H30N6O2/c1-14-10-25-21(11-24-14)26-20-8-17(16-3-5-28(6-4-16)15(2)30)9-22(27-20)29-12-18-7-19(13-29)23(18)31/h8-11,16,18-19,23,31H,3-7,12-13H2,1-2H3,(H,25,26,27). The Kier molecular flexibility index (Phi) is 5.25. The molecule has 0 spiro atoms. The van der Waals surface area contributed by atoms with Crippen molar-refractivity contribution in [3.8, 4) is 0 Å². The molecule has 31 heavy (non-hydrogen) atoms. The molecular weight excluding hydrogens is 392 g/mol. The van der Waals surface area contributed by atoms with Crippen LogP contribution in [0.1, 0.15) is 43.4 Å². The molecule has 0 radical (unpaired) electrons. The zero-order chi connectivity index (χ0) is 21.5. The maximum Gasteiger partial charge on any atom is 0.219 e. The smallest absolute Gasteiger partial charge is 0.219 e. The summed E-state index contributed by atoms with van der Waals surface area (Å²) >= 11 is 0. The van der Waals surface area contributed by atoms with Crippen molar-refractivity contribution in [3.05, 3.63) is 35.8 Å². The molecule has 1 saturated carbocycles. The van der Waals surface area contributed by atoms with Gasteiger partial charge in [0, 0.05) is 44.9 Å². The minimum absolute atomic E-state index is 0.153. The van der Waals surface area contributed by atoms with E-state index in [9.17, 15) is 9.90 Å². The molecule has 2 unspecified atom stereocenters. The quantitative estimate of drug-likeness (QED) is 0.782. The van der Waals surface area contributed by atoms with Crippen LogP contribution in [0.15, 0.2) is 24.5 Å². The molecule has 8 nitrogen and oxygen atoms in total. The molecule has 1 amide bonds. The van der Waals surface area contributed by atoms with E-state index < -0.39 is 0 Å². The zero-order valence-corrected chi connectivity index (χ0v) is 18.2. The number of carbonyl (C=O) groups is 1. The van der Waals surface area contributed by atoms with Crippen molar-refractivity contribution in [1.29, 1.82) is 0 Å². The molecule has 2 aromatic heterocycles. The van der Waals surface area contributed by atoms with Crippen LogP contribution in [0.2, 0.25) is 0 Å². The number of hydrogen-bond acceptors (Lipinski definition) is 7. The van der Waals surface area contributed by atoms with Crippen LogP contribution in [-0.2, 0) is 4.79 Å². The van der Waals surface area contributed by atoms with Gasteiger partial charge in [-0.1, -0.05) is 0 Å². The van der Waals surface area contributed by atoms with E-state index in [1.807, 2.05) is 11.8 Å². The number of aliphatic hydroxyl groups excluding tert-OH is 1. The maximum atomic E-state index is 11.7. The average Bonchev–Trinajstić information content (AvgIpc) is 2.80. The van der Waals surface area contributed by atoms with Crippen molar-refractivity contribution in [1.82, 2.24) is 19.9 Å². The van der Waals surface area contributed by atoms with Gasteiger partial charge in [-0.05, 0) is 49.8 Å². The largest absolute Gasteiger partial charge is 0.392 e. The molecule has 2 N–H and O–H groups in total. The van der Waals surface area contributed by atoms with Crippen LogP contribution in [0.3, 0.4) is 0 Å². The lowest BCUT2D eigenvalue weighted by Gasteiger charge is -2.51. The van der Waals surface area contributed by atoms with E-state index in [4.69, 9.17) is 4.98 Å². The number of aliphatic hydroxyl groups is 1. The Balaban J connectivity index is 1.41. The molecule has 1 aliphatic carbocycles. The van der Waals surface area contributed by atoms with Crippen molar-refractivity contribution in [2.75, 3.05) is 36.4 Å². The summed E-state index contributed by atoms with van der Waals surface area (Å²) in [6, 6.07) is 4.32. The second-order valence-electron chi connectivity index (χ2n) is 9.24. The van der Waals surface area contributed by atoms with E-state index in [0.717, 1.165) is 62.8 Å². The molecule has 2 atom stereocenters. The molecule has 4 aliphatic rings. The normalized spacial score (nSPS) is 25.8. The minimum atomic E-state index is -0.157. The van der Waals surface area contributed by atoms with E-state index >= 15 is 0 Å². The van der Waals surface area contributed by atoms with Gasteiger partial charge in [0.25, 0.3) is 0 Å². The van der Waals surface area contributed by atoms with Crippen LogP contribution in [0.4, 0.5) is 17.5 Å². The fourth-order valence-corrected chi connectivity index (χ4v) is 5.16. The number of pyridine rings is 1. The Bertz CT molecular complexity index is 945. The number of piperidine rings is 3. The van der Waals surface area contributed by atoms with Crippen LogP contribution in [-0.4, -0.2) is 63.1 Å². The van der Waals surface area contributed by atoms with E-state index in [0.29, 0.717) is 23.6 Å². The first-order chi connectivity index (χ1) is 15.0. The van der Waals surface area contributed by atoms with Gasteiger partial charge < -0.3 is 20.2 Å². The molecule has 6 rings (SSSR count). The lowest BCUT2D eigenvalue weighted by atomic mass is 9.68. The van der Waals surface area contributed by atoms with Gasteiger partial charge in [-0.15, -0.1) is 0 Å². The highest BCUT2D eigenvalue weighted by Gasteiger charge is 2.46. The van der Waals surface area contributed by atoms with Gasteiger partial charge in [0.1, 0.15) is 17.5 Å². The summed E-state index contributed by atoms with van der Waals surface area (Å²) in [5, 5.41) is 13.5. The lowest BCUT2D eigenvalue weighted by Crippen LogP contribution is -2.58. The molecule has 4 fully saturated rings. The van der Waals surface area contributed by atoms with Crippen molar-refractivity contribution in [2.45, 2.75) is 45.1 Å². The first-order valence-electron chi connectivity index (χ1n) is 11.2. The average molecular weight is 423 g/mol. The van der Waals surface area contributed by atoms with Crippen molar-refractivity contribution < 1.29 is 9.90 Å². The Hall–Kier alpha value is -2.74. The summed E-state index contributed by atoms with van der Waals surface area (Å²) in [5.41, 5.74) is 2.12. The molecule has 0 aromatic carbocycles.